The molecule has 3 aromatic rings. The highest BCUT2D eigenvalue weighted by molar-refractivity contribution is 7.86. The first-order chi connectivity index (χ1) is 20.9. The molecule has 0 atom stereocenters. The van der Waals surface area contributed by atoms with Crippen LogP contribution in [0.1, 0.15) is 31.2 Å². The van der Waals surface area contributed by atoms with Crippen LogP contribution in [0.25, 0.3) is 0 Å². The molecule has 1 fully saturated rings. The lowest BCUT2D eigenvalue weighted by molar-refractivity contribution is -0.197. The van der Waals surface area contributed by atoms with Gasteiger partial charge in [0.2, 0.25) is 0 Å². The number of hydroxylamine groups is 2. The number of aryl methyl sites for hydroxylation is 1. The number of benzene rings is 3. The van der Waals surface area contributed by atoms with Gasteiger partial charge in [0.05, 0.1) is 29.1 Å². The highest BCUT2D eigenvalue weighted by Crippen LogP contribution is 2.40. The molecule has 2 amide bonds. The molecule has 1 saturated heterocycles. The van der Waals surface area contributed by atoms with Gasteiger partial charge < -0.3 is 19.0 Å². The molecule has 0 aliphatic carbocycles. The Kier molecular flexibility index (Phi) is 10.1. The number of carbonyl (C=O) groups excluding carboxylic acids is 3. The second kappa shape index (κ2) is 14.0. The Hall–Kier alpha value is -5.02. The molecule has 230 valence electrons. The van der Waals surface area contributed by atoms with Gasteiger partial charge in [-0.3, -0.25) is 9.59 Å². The average molecular weight is 622 g/mol. The van der Waals surface area contributed by atoms with E-state index in [0.717, 1.165) is 17.3 Å². The lowest BCUT2D eigenvalue weighted by Crippen LogP contribution is -2.32. The van der Waals surface area contributed by atoms with E-state index in [1.54, 1.807) is 36.4 Å². The lowest BCUT2D eigenvalue weighted by Gasteiger charge is -2.19. The SMILES string of the molecule is COc1cc(N=Nc2ccc(C)cc2)cc(S(=O)(=O)[O-])c1N=Nc1ccc(N(C)CCCC(=O)ON2C(=O)CCC2=O)cc1. The zero-order valence-corrected chi connectivity index (χ0v) is 25.0. The van der Waals surface area contributed by atoms with Crippen molar-refractivity contribution in [3.8, 4) is 5.75 Å². The fourth-order valence-electron chi connectivity index (χ4n) is 4.07. The number of ether oxygens (including phenoxy) is 1. The van der Waals surface area contributed by atoms with Gasteiger partial charge in [0.25, 0.3) is 11.8 Å². The summed E-state index contributed by atoms with van der Waals surface area (Å²) in [5.41, 5.74) is 2.52. The van der Waals surface area contributed by atoms with E-state index in [0.29, 0.717) is 29.4 Å². The van der Waals surface area contributed by atoms with Crippen LogP contribution < -0.4 is 9.64 Å². The number of azo groups is 2. The maximum absolute atomic E-state index is 12.1. The average Bonchev–Trinajstić information content (AvgIpc) is 3.31. The van der Waals surface area contributed by atoms with Gasteiger partial charge in [-0.15, -0.1) is 10.2 Å². The molecule has 44 heavy (non-hydrogen) atoms. The maximum atomic E-state index is 12.1. The smallest absolute Gasteiger partial charge is 0.333 e. The van der Waals surface area contributed by atoms with Crippen LogP contribution in [-0.2, 0) is 29.3 Å². The number of hydrogen-bond donors (Lipinski definition) is 0. The molecule has 0 bridgehead atoms. The minimum absolute atomic E-state index is 0.00655. The summed E-state index contributed by atoms with van der Waals surface area (Å²) in [7, 11) is -1.88. The first-order valence-electron chi connectivity index (χ1n) is 13.4. The molecule has 0 N–H and O–H groups in total. The van der Waals surface area contributed by atoms with Crippen LogP contribution >= 0.6 is 0 Å². The molecule has 0 unspecified atom stereocenters. The van der Waals surface area contributed by atoms with Crippen molar-refractivity contribution in [3.63, 3.8) is 0 Å². The molecule has 4 rings (SSSR count). The van der Waals surface area contributed by atoms with Crippen LogP contribution in [0.2, 0.25) is 0 Å². The summed E-state index contributed by atoms with van der Waals surface area (Å²) in [6, 6.07) is 16.4. The topological polar surface area (TPSA) is 183 Å². The molecule has 3 aromatic carbocycles. The first kappa shape index (κ1) is 31.9. The number of imide groups is 1. The Balaban J connectivity index is 1.42. The summed E-state index contributed by atoms with van der Waals surface area (Å²) < 4.78 is 41.6. The zero-order valence-electron chi connectivity index (χ0n) is 24.2. The second-order valence-electron chi connectivity index (χ2n) is 9.77. The van der Waals surface area contributed by atoms with Crippen molar-refractivity contribution in [2.45, 2.75) is 37.5 Å². The molecule has 0 aromatic heterocycles. The minimum atomic E-state index is -4.99. The molecule has 1 aliphatic rings. The lowest BCUT2D eigenvalue weighted by atomic mass is 10.2. The number of methoxy groups -OCH3 is 1. The molecule has 1 aliphatic heterocycles. The van der Waals surface area contributed by atoms with E-state index in [-0.39, 0.29) is 36.4 Å². The number of rotatable bonds is 12. The first-order valence-corrected chi connectivity index (χ1v) is 14.8. The predicted octanol–water partition coefficient (Wildman–Crippen LogP) is 5.56. The summed E-state index contributed by atoms with van der Waals surface area (Å²) in [5.74, 6) is -1.76. The number of anilines is 1. The molecule has 1 heterocycles. The third kappa shape index (κ3) is 8.29. The number of nitrogens with zero attached hydrogens (tertiary/aromatic N) is 6. The Morgan fingerprint density at radius 1 is 0.909 bits per heavy atom. The van der Waals surface area contributed by atoms with E-state index >= 15 is 0 Å². The van der Waals surface area contributed by atoms with Gasteiger partial charge in [-0.1, -0.05) is 17.7 Å². The Labute approximate surface area is 253 Å². The van der Waals surface area contributed by atoms with Crippen molar-refractivity contribution in [3.05, 3.63) is 66.2 Å². The Bertz CT molecular complexity index is 1690. The quantitative estimate of drug-likeness (QED) is 0.142. The van der Waals surface area contributed by atoms with Gasteiger partial charge in [0.1, 0.15) is 21.6 Å². The van der Waals surface area contributed by atoms with Crippen LogP contribution in [0.5, 0.6) is 5.75 Å². The van der Waals surface area contributed by atoms with Gasteiger partial charge in [0.15, 0.2) is 0 Å². The van der Waals surface area contributed by atoms with Crippen molar-refractivity contribution < 1.29 is 36.9 Å². The monoisotopic (exact) mass is 621 g/mol. The fourth-order valence-corrected chi connectivity index (χ4v) is 4.72. The Morgan fingerprint density at radius 3 is 2.07 bits per heavy atom. The van der Waals surface area contributed by atoms with Crippen molar-refractivity contribution in [2.24, 2.45) is 20.5 Å². The van der Waals surface area contributed by atoms with Crippen LogP contribution in [0, 0.1) is 6.92 Å². The molecule has 0 radical (unpaired) electrons. The van der Waals surface area contributed by atoms with Crippen molar-refractivity contribution in [1.29, 1.82) is 0 Å². The fraction of sp³-hybridized carbons (Fsp3) is 0.276. The van der Waals surface area contributed by atoms with E-state index < -0.39 is 32.8 Å². The highest BCUT2D eigenvalue weighted by atomic mass is 32.2. The number of amides is 2. The second-order valence-corrected chi connectivity index (χ2v) is 11.1. The van der Waals surface area contributed by atoms with Crippen LogP contribution in [0.4, 0.5) is 28.4 Å². The molecular formula is C29H29N6O8S-. The molecule has 0 spiro atoms. The summed E-state index contributed by atoms with van der Waals surface area (Å²) in [5, 5.41) is 16.7. The molecule has 0 saturated carbocycles. The Morgan fingerprint density at radius 2 is 1.48 bits per heavy atom. The largest absolute Gasteiger partial charge is 0.744 e. The van der Waals surface area contributed by atoms with E-state index in [2.05, 4.69) is 20.5 Å². The van der Waals surface area contributed by atoms with Gasteiger partial charge >= 0.3 is 5.97 Å². The standard InChI is InChI=1S/C29H30N6O8S/c1-19-6-8-20(9-7-19)30-32-22-17-24(42-3)29(25(18-22)44(39,40)41)33-31-21-10-12-23(13-11-21)34(2)16-4-5-28(38)43-35-26(36)14-15-27(35)37/h6-13,17-18H,4-5,14-16H2,1-3H3,(H,39,40,41)/p-1. The van der Waals surface area contributed by atoms with Crippen LogP contribution in [0.15, 0.2) is 86.0 Å². The third-order valence-corrected chi connectivity index (χ3v) is 7.31. The summed E-state index contributed by atoms with van der Waals surface area (Å²) in [6.45, 7) is 2.39. The molecule has 15 heteroatoms. The number of carbonyl (C=O) groups is 3. The van der Waals surface area contributed by atoms with Gasteiger partial charge in [0, 0.05) is 44.6 Å². The molecular weight excluding hydrogens is 592 g/mol. The van der Waals surface area contributed by atoms with Crippen molar-refractivity contribution in [2.75, 3.05) is 25.6 Å². The van der Waals surface area contributed by atoms with Crippen molar-refractivity contribution in [1.82, 2.24) is 5.06 Å². The van der Waals surface area contributed by atoms with E-state index in [4.69, 9.17) is 9.57 Å². The summed E-state index contributed by atoms with van der Waals surface area (Å²) in [6.07, 6.45) is 0.474. The minimum Gasteiger partial charge on any atom is -0.744 e. The van der Waals surface area contributed by atoms with Crippen LogP contribution in [0.3, 0.4) is 0 Å². The van der Waals surface area contributed by atoms with Crippen LogP contribution in [-0.4, -0.2) is 56.5 Å². The van der Waals surface area contributed by atoms with Gasteiger partial charge in [-0.25, -0.2) is 13.2 Å². The summed E-state index contributed by atoms with van der Waals surface area (Å²) >= 11 is 0. The third-order valence-electron chi connectivity index (χ3n) is 6.46. The zero-order chi connectivity index (χ0) is 31.9. The highest BCUT2D eigenvalue weighted by Gasteiger charge is 2.32. The number of hydrogen-bond acceptors (Lipinski definition) is 13. The normalized spacial score (nSPS) is 13.7. The van der Waals surface area contributed by atoms with Gasteiger partial charge in [-0.05, 0) is 55.8 Å². The van der Waals surface area contributed by atoms with E-state index in [1.807, 2.05) is 31.0 Å². The maximum Gasteiger partial charge on any atom is 0.333 e. The van der Waals surface area contributed by atoms with E-state index in [1.165, 1.54) is 13.2 Å². The summed E-state index contributed by atoms with van der Waals surface area (Å²) in [4.78, 5) is 41.2. The predicted molar refractivity (Wildman–Crippen MR) is 157 cm³/mol. The molecule has 14 nitrogen and oxygen atoms in total. The van der Waals surface area contributed by atoms with Crippen molar-refractivity contribution >= 4 is 56.3 Å². The van der Waals surface area contributed by atoms with Gasteiger partial charge in [-0.2, -0.15) is 15.3 Å². The van der Waals surface area contributed by atoms with E-state index in [9.17, 15) is 27.4 Å².